The fourth-order valence-electron chi connectivity index (χ4n) is 4.31. The van der Waals surface area contributed by atoms with Gasteiger partial charge in [0.15, 0.2) is 0 Å². The minimum Gasteiger partial charge on any atom is -0.496 e. The highest BCUT2D eigenvalue weighted by Crippen LogP contribution is 2.31. The summed E-state index contributed by atoms with van der Waals surface area (Å²) >= 11 is 0. The molecule has 0 amide bonds. The van der Waals surface area contributed by atoms with Crippen molar-refractivity contribution in [1.82, 2.24) is 10.6 Å². The zero-order valence-corrected chi connectivity index (χ0v) is 19.8. The van der Waals surface area contributed by atoms with Crippen molar-refractivity contribution in [3.05, 3.63) is 131 Å². The Kier molecular flexibility index (Phi) is 8.33. The summed E-state index contributed by atoms with van der Waals surface area (Å²) in [5.41, 5.74) is 4.70. The molecule has 4 aromatic rings. The molecule has 0 radical (unpaired) electrons. The zero-order valence-electron chi connectivity index (χ0n) is 19.8. The number of ether oxygens (including phenoxy) is 2. The van der Waals surface area contributed by atoms with Gasteiger partial charge >= 0.3 is 0 Å². The standard InChI is InChI=1S/C30H32N2O2/c1-33-27-19-11-9-17-25(27)21-31-29(23-13-5-3-6-14-23)30(24-15-7-4-8-16-24)32-22-26-18-10-12-20-28(26)34-2/h3-20,29-32H,21-22H2,1-2H3/t29-,30-/m1/s1. The van der Waals surface area contributed by atoms with Gasteiger partial charge in [-0.2, -0.15) is 0 Å². The van der Waals surface area contributed by atoms with E-state index in [1.54, 1.807) is 14.2 Å². The Balaban J connectivity index is 1.66. The number of nitrogens with one attached hydrogen (secondary N) is 2. The smallest absolute Gasteiger partial charge is 0.123 e. The molecule has 0 spiro atoms. The number of para-hydroxylation sites is 2. The quantitative estimate of drug-likeness (QED) is 0.290. The lowest BCUT2D eigenvalue weighted by Crippen LogP contribution is -2.35. The second-order valence-corrected chi connectivity index (χ2v) is 8.16. The molecule has 34 heavy (non-hydrogen) atoms. The highest BCUT2D eigenvalue weighted by atomic mass is 16.5. The van der Waals surface area contributed by atoms with Gasteiger partial charge in [0.25, 0.3) is 0 Å². The van der Waals surface area contributed by atoms with Crippen molar-refractivity contribution in [2.24, 2.45) is 0 Å². The van der Waals surface area contributed by atoms with Crippen molar-refractivity contribution in [3.63, 3.8) is 0 Å². The number of methoxy groups -OCH3 is 2. The number of benzene rings is 4. The third-order valence-electron chi connectivity index (χ3n) is 6.06. The Morgan fingerprint density at radius 2 is 0.853 bits per heavy atom. The monoisotopic (exact) mass is 452 g/mol. The Hall–Kier alpha value is -3.60. The van der Waals surface area contributed by atoms with Crippen LogP contribution in [0.15, 0.2) is 109 Å². The Morgan fingerprint density at radius 1 is 0.500 bits per heavy atom. The minimum atomic E-state index is 0.0308. The average Bonchev–Trinajstić information content (AvgIpc) is 2.91. The lowest BCUT2D eigenvalue weighted by molar-refractivity contribution is 0.366. The number of hydrogen-bond acceptors (Lipinski definition) is 4. The molecule has 0 fully saturated rings. The van der Waals surface area contributed by atoms with Gasteiger partial charge in [0.05, 0.1) is 26.3 Å². The van der Waals surface area contributed by atoms with E-state index in [-0.39, 0.29) is 12.1 Å². The van der Waals surface area contributed by atoms with Gasteiger partial charge in [-0.25, -0.2) is 0 Å². The van der Waals surface area contributed by atoms with Crippen molar-refractivity contribution in [2.45, 2.75) is 25.2 Å². The first kappa shape index (κ1) is 23.6. The molecule has 2 N–H and O–H groups in total. The van der Waals surface area contributed by atoms with E-state index >= 15 is 0 Å². The average molecular weight is 453 g/mol. The molecule has 0 aromatic heterocycles. The molecule has 0 heterocycles. The molecule has 0 bridgehead atoms. The van der Waals surface area contributed by atoms with Crippen LogP contribution in [0, 0.1) is 0 Å². The van der Waals surface area contributed by atoms with Gasteiger partial charge in [-0.15, -0.1) is 0 Å². The predicted molar refractivity (Wildman–Crippen MR) is 138 cm³/mol. The molecule has 0 saturated carbocycles. The Labute approximate surface area is 202 Å². The van der Waals surface area contributed by atoms with E-state index in [4.69, 9.17) is 9.47 Å². The van der Waals surface area contributed by atoms with Crippen molar-refractivity contribution < 1.29 is 9.47 Å². The van der Waals surface area contributed by atoms with Crippen molar-refractivity contribution >= 4 is 0 Å². The van der Waals surface area contributed by atoms with Crippen LogP contribution < -0.4 is 20.1 Å². The van der Waals surface area contributed by atoms with Crippen LogP contribution >= 0.6 is 0 Å². The summed E-state index contributed by atoms with van der Waals surface area (Å²) in [5.74, 6) is 1.78. The van der Waals surface area contributed by atoms with Crippen LogP contribution in [0.2, 0.25) is 0 Å². The Bertz CT molecular complexity index is 1060. The van der Waals surface area contributed by atoms with Gasteiger partial charge in [0.2, 0.25) is 0 Å². The highest BCUT2D eigenvalue weighted by Gasteiger charge is 2.25. The maximum atomic E-state index is 5.59. The molecule has 4 heteroatoms. The van der Waals surface area contributed by atoms with E-state index in [0.717, 1.165) is 22.6 Å². The van der Waals surface area contributed by atoms with E-state index in [2.05, 4.69) is 83.4 Å². The first-order valence-corrected chi connectivity index (χ1v) is 11.6. The summed E-state index contributed by atoms with van der Waals surface area (Å²) in [6, 6.07) is 37.6. The molecule has 4 nitrogen and oxygen atoms in total. The molecule has 2 atom stereocenters. The summed E-state index contributed by atoms with van der Waals surface area (Å²) in [7, 11) is 3.43. The van der Waals surface area contributed by atoms with Crippen LogP contribution in [0.3, 0.4) is 0 Å². The maximum absolute atomic E-state index is 5.59. The van der Waals surface area contributed by atoms with E-state index in [9.17, 15) is 0 Å². The van der Waals surface area contributed by atoms with E-state index in [1.165, 1.54) is 11.1 Å². The molecule has 4 rings (SSSR count). The largest absolute Gasteiger partial charge is 0.496 e. The molecule has 0 unspecified atom stereocenters. The fourth-order valence-corrected chi connectivity index (χ4v) is 4.31. The normalized spacial score (nSPS) is 12.6. The van der Waals surface area contributed by atoms with Gasteiger partial charge in [0.1, 0.15) is 11.5 Å². The van der Waals surface area contributed by atoms with Gasteiger partial charge in [-0.3, -0.25) is 0 Å². The second kappa shape index (κ2) is 12.0. The topological polar surface area (TPSA) is 42.5 Å². The van der Waals surface area contributed by atoms with Crippen LogP contribution in [0.1, 0.15) is 34.3 Å². The Morgan fingerprint density at radius 3 is 1.24 bits per heavy atom. The molecule has 0 aliphatic rings. The van der Waals surface area contributed by atoms with Crippen molar-refractivity contribution in [1.29, 1.82) is 0 Å². The summed E-state index contributed by atoms with van der Waals surface area (Å²) < 4.78 is 11.2. The predicted octanol–water partition coefficient (Wildman–Crippen LogP) is 6.07. The van der Waals surface area contributed by atoms with E-state index in [0.29, 0.717) is 13.1 Å². The summed E-state index contributed by atoms with van der Waals surface area (Å²) in [4.78, 5) is 0. The fraction of sp³-hybridized carbons (Fsp3) is 0.200. The van der Waals surface area contributed by atoms with Crippen LogP contribution in [0.25, 0.3) is 0 Å². The molecule has 4 aromatic carbocycles. The molecule has 0 aliphatic heterocycles. The zero-order chi connectivity index (χ0) is 23.6. The molecule has 0 aliphatic carbocycles. The first-order chi connectivity index (χ1) is 16.8. The molecule has 174 valence electrons. The van der Waals surface area contributed by atoms with Crippen LogP contribution in [0.5, 0.6) is 11.5 Å². The van der Waals surface area contributed by atoms with Crippen LogP contribution in [0.4, 0.5) is 0 Å². The van der Waals surface area contributed by atoms with Gasteiger partial charge in [-0.1, -0.05) is 97.1 Å². The minimum absolute atomic E-state index is 0.0308. The SMILES string of the molecule is COc1ccccc1CN[C@H](c1ccccc1)[C@H](NCc1ccccc1OC)c1ccccc1. The first-order valence-electron chi connectivity index (χ1n) is 11.6. The van der Waals surface area contributed by atoms with Crippen LogP contribution in [-0.4, -0.2) is 14.2 Å². The third-order valence-corrected chi connectivity index (χ3v) is 6.06. The van der Waals surface area contributed by atoms with Gasteiger partial charge in [-0.05, 0) is 23.3 Å². The summed E-state index contributed by atoms with van der Waals surface area (Å²) in [5, 5.41) is 7.63. The lowest BCUT2D eigenvalue weighted by Gasteiger charge is -2.31. The van der Waals surface area contributed by atoms with Crippen LogP contribution in [-0.2, 0) is 13.1 Å². The third kappa shape index (κ3) is 5.84. The van der Waals surface area contributed by atoms with Crippen molar-refractivity contribution in [3.8, 4) is 11.5 Å². The van der Waals surface area contributed by atoms with Crippen molar-refractivity contribution in [2.75, 3.05) is 14.2 Å². The summed E-state index contributed by atoms with van der Waals surface area (Å²) in [6.07, 6.45) is 0. The molecular weight excluding hydrogens is 420 g/mol. The lowest BCUT2D eigenvalue weighted by atomic mass is 9.92. The maximum Gasteiger partial charge on any atom is 0.123 e. The highest BCUT2D eigenvalue weighted by molar-refractivity contribution is 5.35. The number of rotatable bonds is 11. The van der Waals surface area contributed by atoms with Gasteiger partial charge in [0, 0.05) is 24.2 Å². The van der Waals surface area contributed by atoms with Gasteiger partial charge < -0.3 is 20.1 Å². The second-order valence-electron chi connectivity index (χ2n) is 8.16. The van der Waals surface area contributed by atoms with E-state index < -0.39 is 0 Å². The van der Waals surface area contributed by atoms with E-state index in [1.807, 2.05) is 36.4 Å². The summed E-state index contributed by atoms with van der Waals surface area (Å²) in [6.45, 7) is 1.37. The molecular formula is C30H32N2O2. The molecule has 0 saturated heterocycles. The number of hydrogen-bond donors (Lipinski definition) is 2.